The topological polar surface area (TPSA) is 73.1 Å². The lowest BCUT2D eigenvalue weighted by atomic mass is 10.3. The van der Waals surface area contributed by atoms with Gasteiger partial charge < -0.3 is 15.8 Å². The fourth-order valence-corrected chi connectivity index (χ4v) is 1.50. The highest BCUT2D eigenvalue weighted by Gasteiger charge is 2.02. The fraction of sp³-hybridized carbons (Fsp3) is 0.0833. The summed E-state index contributed by atoms with van der Waals surface area (Å²) >= 11 is 4.87. The number of rotatable bonds is 4. The molecule has 6 heteroatoms. The van der Waals surface area contributed by atoms with E-state index >= 15 is 0 Å². The number of hydrogen-bond acceptors (Lipinski definition) is 5. The van der Waals surface area contributed by atoms with Crippen LogP contribution in [0.4, 0.5) is 11.6 Å². The first-order valence-electron chi connectivity index (χ1n) is 5.23. The van der Waals surface area contributed by atoms with E-state index in [0.29, 0.717) is 11.6 Å². The Hall–Kier alpha value is -2.21. The van der Waals surface area contributed by atoms with E-state index in [-0.39, 0.29) is 4.99 Å². The van der Waals surface area contributed by atoms with Crippen LogP contribution in [-0.2, 0) is 0 Å². The summed E-state index contributed by atoms with van der Waals surface area (Å²) < 4.78 is 5.13. The molecule has 5 nitrogen and oxygen atoms in total. The van der Waals surface area contributed by atoms with E-state index in [2.05, 4.69) is 15.3 Å². The Morgan fingerprint density at radius 3 is 2.94 bits per heavy atom. The third-order valence-corrected chi connectivity index (χ3v) is 2.44. The molecule has 0 amide bonds. The van der Waals surface area contributed by atoms with Gasteiger partial charge in [-0.25, -0.2) is 9.97 Å². The van der Waals surface area contributed by atoms with Crippen LogP contribution in [0.1, 0.15) is 5.69 Å². The van der Waals surface area contributed by atoms with Crippen molar-refractivity contribution in [3.63, 3.8) is 0 Å². The van der Waals surface area contributed by atoms with Gasteiger partial charge in [0.15, 0.2) is 0 Å². The third-order valence-electron chi connectivity index (χ3n) is 2.23. The van der Waals surface area contributed by atoms with Crippen molar-refractivity contribution in [2.24, 2.45) is 5.73 Å². The Balaban J connectivity index is 2.22. The van der Waals surface area contributed by atoms with Crippen molar-refractivity contribution >= 4 is 28.8 Å². The molecule has 0 spiro atoms. The van der Waals surface area contributed by atoms with Gasteiger partial charge in [0, 0.05) is 18.0 Å². The molecule has 2 rings (SSSR count). The average Bonchev–Trinajstić information content (AvgIpc) is 2.39. The summed E-state index contributed by atoms with van der Waals surface area (Å²) in [5.41, 5.74) is 6.88. The van der Waals surface area contributed by atoms with E-state index in [1.54, 1.807) is 19.4 Å². The van der Waals surface area contributed by atoms with Gasteiger partial charge in [0.05, 0.1) is 7.11 Å². The van der Waals surface area contributed by atoms with E-state index in [0.717, 1.165) is 11.4 Å². The minimum Gasteiger partial charge on any atom is -0.497 e. The average molecular weight is 260 g/mol. The maximum atomic E-state index is 5.52. The number of thiocarbonyl (C=S) groups is 1. The van der Waals surface area contributed by atoms with Crippen LogP contribution in [-0.4, -0.2) is 22.1 Å². The molecule has 0 radical (unpaired) electrons. The molecule has 92 valence electrons. The van der Waals surface area contributed by atoms with E-state index in [1.165, 1.54) is 0 Å². The van der Waals surface area contributed by atoms with Crippen LogP contribution in [0.25, 0.3) is 0 Å². The van der Waals surface area contributed by atoms with Crippen LogP contribution in [0.2, 0.25) is 0 Å². The molecule has 1 aromatic carbocycles. The molecule has 0 saturated heterocycles. The molecule has 1 heterocycles. The smallest absolute Gasteiger partial charge is 0.227 e. The molecule has 0 saturated carbocycles. The first kappa shape index (κ1) is 12.3. The largest absolute Gasteiger partial charge is 0.497 e. The highest BCUT2D eigenvalue weighted by Crippen LogP contribution is 2.19. The molecular weight excluding hydrogens is 248 g/mol. The Kier molecular flexibility index (Phi) is 3.69. The van der Waals surface area contributed by atoms with Gasteiger partial charge in [0.1, 0.15) is 16.4 Å². The van der Waals surface area contributed by atoms with Crippen molar-refractivity contribution in [2.75, 3.05) is 12.4 Å². The third kappa shape index (κ3) is 2.92. The molecule has 3 N–H and O–H groups in total. The number of benzene rings is 1. The van der Waals surface area contributed by atoms with Crippen molar-refractivity contribution in [2.45, 2.75) is 0 Å². The zero-order chi connectivity index (χ0) is 13.0. The first-order valence-corrected chi connectivity index (χ1v) is 5.64. The fourth-order valence-electron chi connectivity index (χ4n) is 1.39. The molecule has 0 aliphatic carbocycles. The molecule has 0 bridgehead atoms. The van der Waals surface area contributed by atoms with Gasteiger partial charge in [-0.05, 0) is 18.2 Å². The van der Waals surface area contributed by atoms with E-state index in [4.69, 9.17) is 22.7 Å². The lowest BCUT2D eigenvalue weighted by Crippen LogP contribution is -2.12. The second-order valence-corrected chi connectivity index (χ2v) is 3.93. The zero-order valence-electron chi connectivity index (χ0n) is 9.75. The van der Waals surface area contributed by atoms with Crippen LogP contribution < -0.4 is 15.8 Å². The Bertz CT molecular complexity index is 574. The van der Waals surface area contributed by atoms with Gasteiger partial charge in [-0.15, -0.1) is 0 Å². The van der Waals surface area contributed by atoms with Crippen molar-refractivity contribution in [3.05, 3.63) is 42.2 Å². The molecule has 0 unspecified atom stereocenters. The summed E-state index contributed by atoms with van der Waals surface area (Å²) in [5, 5.41) is 3.06. The van der Waals surface area contributed by atoms with Crippen LogP contribution in [0, 0.1) is 0 Å². The van der Waals surface area contributed by atoms with E-state index in [1.807, 2.05) is 24.3 Å². The van der Waals surface area contributed by atoms with Gasteiger partial charge in [0.25, 0.3) is 0 Å². The van der Waals surface area contributed by atoms with E-state index in [9.17, 15) is 0 Å². The van der Waals surface area contributed by atoms with Crippen molar-refractivity contribution in [1.82, 2.24) is 9.97 Å². The van der Waals surface area contributed by atoms with Gasteiger partial charge in [-0.3, -0.25) is 0 Å². The van der Waals surface area contributed by atoms with Crippen molar-refractivity contribution < 1.29 is 4.74 Å². The standard InChI is InChI=1S/C12H12N4OS/c1-17-9-4-2-3-8(7-9)15-12-14-6-5-10(16-12)11(13)18/h2-7H,1H3,(H2,13,18)(H,14,15,16). The first-order chi connectivity index (χ1) is 8.69. The summed E-state index contributed by atoms with van der Waals surface area (Å²) in [6.07, 6.45) is 1.60. The SMILES string of the molecule is COc1cccc(Nc2nccc(C(N)=S)n2)c1. The Morgan fingerprint density at radius 1 is 1.39 bits per heavy atom. The van der Waals surface area contributed by atoms with Gasteiger partial charge in [-0.2, -0.15) is 0 Å². The monoisotopic (exact) mass is 260 g/mol. The van der Waals surface area contributed by atoms with Crippen molar-refractivity contribution in [1.29, 1.82) is 0 Å². The summed E-state index contributed by atoms with van der Waals surface area (Å²) in [4.78, 5) is 8.53. The number of methoxy groups -OCH3 is 1. The molecule has 0 atom stereocenters. The minimum absolute atomic E-state index is 0.242. The predicted octanol–water partition coefficient (Wildman–Crippen LogP) is 1.86. The molecule has 1 aromatic heterocycles. The molecule has 0 fully saturated rings. The molecular formula is C12H12N4OS. The predicted molar refractivity (Wildman–Crippen MR) is 74.2 cm³/mol. The highest BCUT2D eigenvalue weighted by molar-refractivity contribution is 7.80. The van der Waals surface area contributed by atoms with Gasteiger partial charge in [-0.1, -0.05) is 18.3 Å². The lowest BCUT2D eigenvalue weighted by molar-refractivity contribution is 0.415. The molecule has 18 heavy (non-hydrogen) atoms. The van der Waals surface area contributed by atoms with Crippen LogP contribution in [0.5, 0.6) is 5.75 Å². The number of nitrogens with one attached hydrogen (secondary N) is 1. The molecule has 0 aliphatic rings. The summed E-state index contributed by atoms with van der Waals surface area (Å²) in [7, 11) is 1.61. The summed E-state index contributed by atoms with van der Waals surface area (Å²) in [5.74, 6) is 1.19. The number of hydrogen-bond donors (Lipinski definition) is 2. The van der Waals surface area contributed by atoms with Gasteiger partial charge >= 0.3 is 0 Å². The second-order valence-electron chi connectivity index (χ2n) is 3.49. The second kappa shape index (κ2) is 5.42. The van der Waals surface area contributed by atoms with Crippen LogP contribution >= 0.6 is 12.2 Å². The quantitative estimate of drug-likeness (QED) is 0.817. The lowest BCUT2D eigenvalue weighted by Gasteiger charge is -2.07. The van der Waals surface area contributed by atoms with E-state index < -0.39 is 0 Å². The maximum absolute atomic E-state index is 5.52. The zero-order valence-corrected chi connectivity index (χ0v) is 10.6. The number of nitrogens with zero attached hydrogens (tertiary/aromatic N) is 2. The minimum atomic E-state index is 0.242. The number of anilines is 2. The highest BCUT2D eigenvalue weighted by atomic mass is 32.1. The summed E-state index contributed by atoms with van der Waals surface area (Å²) in [6.45, 7) is 0. The molecule has 0 aliphatic heterocycles. The normalized spacial score (nSPS) is 9.83. The summed E-state index contributed by atoms with van der Waals surface area (Å²) in [6, 6.07) is 9.13. The van der Waals surface area contributed by atoms with Crippen molar-refractivity contribution in [3.8, 4) is 5.75 Å². The number of aromatic nitrogens is 2. The number of ether oxygens (including phenoxy) is 1. The maximum Gasteiger partial charge on any atom is 0.227 e. The Labute approximate surface area is 110 Å². The van der Waals surface area contributed by atoms with Crippen LogP contribution in [0.15, 0.2) is 36.5 Å². The molecule has 2 aromatic rings. The van der Waals surface area contributed by atoms with Gasteiger partial charge in [0.2, 0.25) is 5.95 Å². The van der Waals surface area contributed by atoms with Crippen LogP contribution in [0.3, 0.4) is 0 Å². The Morgan fingerprint density at radius 2 is 2.22 bits per heavy atom. The number of nitrogens with two attached hydrogens (primary N) is 1.